The van der Waals surface area contributed by atoms with Crippen LogP contribution in [0, 0.1) is 0 Å². The van der Waals surface area contributed by atoms with Crippen molar-refractivity contribution in [2.75, 3.05) is 18.1 Å². The minimum absolute atomic E-state index is 0.0492. The van der Waals surface area contributed by atoms with Gasteiger partial charge in [-0.05, 0) is 24.3 Å². The number of thiazole rings is 1. The lowest BCUT2D eigenvalue weighted by Crippen LogP contribution is -2.28. The Labute approximate surface area is 205 Å². The second kappa shape index (κ2) is 11.1. The van der Waals surface area contributed by atoms with Crippen LogP contribution in [-0.4, -0.2) is 50.4 Å². The number of benzene rings is 2. The molecule has 36 heavy (non-hydrogen) atoms. The van der Waals surface area contributed by atoms with E-state index in [4.69, 9.17) is 14.6 Å². The number of alkyl halides is 5. The second-order valence-electron chi connectivity index (χ2n) is 6.99. The van der Waals surface area contributed by atoms with E-state index in [1.165, 1.54) is 35.6 Å². The second-order valence-corrected chi connectivity index (χ2v) is 9.96. The Morgan fingerprint density at radius 1 is 1.22 bits per heavy atom. The number of carboxylic acid groups (broad SMARTS) is 1. The maximum Gasteiger partial charge on any atom is 0.490 e. The van der Waals surface area contributed by atoms with Gasteiger partial charge >= 0.3 is 18.8 Å². The number of aliphatic carboxylic acids is 1. The third-order valence-corrected chi connectivity index (χ3v) is 7.14. The van der Waals surface area contributed by atoms with Gasteiger partial charge in [0, 0.05) is 29.4 Å². The molecule has 15 heteroatoms. The number of halogens is 5. The van der Waals surface area contributed by atoms with Crippen LogP contribution in [0.25, 0.3) is 0 Å². The molecule has 0 saturated heterocycles. The molecule has 3 aromatic rings. The summed E-state index contributed by atoms with van der Waals surface area (Å²) in [5, 5.41) is 9.37. The van der Waals surface area contributed by atoms with Crippen molar-refractivity contribution in [1.82, 2.24) is 4.98 Å². The van der Waals surface area contributed by atoms with Crippen LogP contribution < -0.4 is 14.4 Å². The molecule has 0 radical (unpaired) electrons. The van der Waals surface area contributed by atoms with E-state index in [2.05, 4.69) is 9.72 Å². The fourth-order valence-electron chi connectivity index (χ4n) is 3.06. The number of anilines is 2. The maximum absolute atomic E-state index is 12.7. The highest BCUT2D eigenvalue weighted by Gasteiger charge is 2.38. The van der Waals surface area contributed by atoms with Gasteiger partial charge in [-0.25, -0.2) is 18.2 Å². The number of hydrogen-bond acceptors (Lipinski definition) is 8. The van der Waals surface area contributed by atoms with Crippen molar-refractivity contribution >= 4 is 38.5 Å². The molecule has 0 amide bonds. The van der Waals surface area contributed by atoms with Crippen molar-refractivity contribution in [3.63, 3.8) is 0 Å². The molecule has 2 heterocycles. The largest absolute Gasteiger partial charge is 0.490 e. The molecule has 1 aliphatic heterocycles. The van der Waals surface area contributed by atoms with Gasteiger partial charge in [0.15, 0.2) is 9.84 Å². The van der Waals surface area contributed by atoms with Gasteiger partial charge in [0.2, 0.25) is 0 Å². The van der Waals surface area contributed by atoms with Crippen LogP contribution in [-0.2, 0) is 20.4 Å². The monoisotopic (exact) mass is 552 g/mol. The van der Waals surface area contributed by atoms with Gasteiger partial charge in [0.1, 0.15) is 28.9 Å². The number of rotatable bonds is 6. The third kappa shape index (κ3) is 7.04. The quantitative estimate of drug-likeness (QED) is 0.432. The van der Waals surface area contributed by atoms with Crippen LogP contribution in [0.3, 0.4) is 0 Å². The summed E-state index contributed by atoms with van der Waals surface area (Å²) < 4.78 is 92.3. The zero-order valence-corrected chi connectivity index (χ0v) is 19.6. The molecule has 8 nitrogen and oxygen atoms in total. The van der Waals surface area contributed by atoms with Crippen molar-refractivity contribution in [1.29, 1.82) is 0 Å². The molecule has 0 aliphatic carbocycles. The highest BCUT2D eigenvalue weighted by Crippen LogP contribution is 2.39. The number of carbonyl (C=O) groups is 1. The van der Waals surface area contributed by atoms with Crippen molar-refractivity contribution in [2.45, 2.75) is 23.4 Å². The van der Waals surface area contributed by atoms with Crippen molar-refractivity contribution < 1.29 is 49.7 Å². The maximum atomic E-state index is 12.7. The Morgan fingerprint density at radius 2 is 1.94 bits per heavy atom. The first-order chi connectivity index (χ1) is 16.9. The van der Waals surface area contributed by atoms with Gasteiger partial charge in [-0.2, -0.15) is 22.0 Å². The molecule has 1 N–H and O–H groups in total. The van der Waals surface area contributed by atoms with Crippen LogP contribution in [0.15, 0.2) is 58.9 Å². The number of carboxylic acids is 1. The Balaban J connectivity index is 0.000000454. The van der Waals surface area contributed by atoms with E-state index in [9.17, 15) is 30.4 Å². The molecule has 1 aliphatic rings. The fourth-order valence-corrected chi connectivity index (χ4v) is 5.33. The minimum Gasteiger partial charge on any atom is -0.489 e. The summed E-state index contributed by atoms with van der Waals surface area (Å²) in [6, 6.07) is 11.0. The molecule has 0 fully saturated rings. The first-order valence-corrected chi connectivity index (χ1v) is 12.4. The lowest BCUT2D eigenvalue weighted by atomic mass is 10.2. The summed E-state index contributed by atoms with van der Waals surface area (Å²) in [4.78, 5) is 14.9. The van der Waals surface area contributed by atoms with E-state index in [1.54, 1.807) is 29.8 Å². The summed E-state index contributed by atoms with van der Waals surface area (Å²) in [5.74, 6) is -2.47. The van der Waals surface area contributed by atoms with Crippen molar-refractivity contribution in [3.8, 4) is 11.5 Å². The molecule has 2 aromatic carbocycles. The van der Waals surface area contributed by atoms with Crippen LogP contribution in [0.2, 0.25) is 0 Å². The van der Waals surface area contributed by atoms with Crippen molar-refractivity contribution in [3.05, 3.63) is 59.0 Å². The van der Waals surface area contributed by atoms with E-state index in [-0.39, 0.29) is 16.4 Å². The first kappa shape index (κ1) is 27.1. The van der Waals surface area contributed by atoms with Crippen LogP contribution >= 0.6 is 11.3 Å². The third-order valence-electron chi connectivity index (χ3n) is 4.55. The molecule has 0 atom stereocenters. The average Bonchev–Trinajstić information content (AvgIpc) is 3.30. The minimum atomic E-state index is -5.08. The summed E-state index contributed by atoms with van der Waals surface area (Å²) in [6.45, 7) is -2.10. The van der Waals surface area contributed by atoms with Gasteiger partial charge in [-0.3, -0.25) is 0 Å². The van der Waals surface area contributed by atoms with Crippen molar-refractivity contribution in [2.24, 2.45) is 0 Å². The Kier molecular flexibility index (Phi) is 8.35. The standard InChI is InChI=1S/C19H16F2N2O4S2.C2HF3O2/c20-19(21)27-14-3-1-2-13(10-14)23-7-8-26-17-11-15(4-5-16(17)23)29(24,25)12-18-22-6-9-28-18;3-2(4,5)1(6)7/h1-6,9-11,19H,7-8,12H2;(H,6,7). The summed E-state index contributed by atoms with van der Waals surface area (Å²) >= 11 is 1.28. The molecule has 1 aromatic heterocycles. The number of nitrogens with zero attached hydrogens (tertiary/aromatic N) is 2. The van der Waals surface area contributed by atoms with Crippen LogP contribution in [0.1, 0.15) is 5.01 Å². The lowest BCUT2D eigenvalue weighted by Gasteiger charge is -2.31. The Hall–Kier alpha value is -3.46. The van der Waals surface area contributed by atoms with Crippen LogP contribution in [0.4, 0.5) is 33.3 Å². The van der Waals surface area contributed by atoms with Gasteiger partial charge in [-0.15, -0.1) is 11.3 Å². The van der Waals surface area contributed by atoms with Gasteiger partial charge < -0.3 is 19.5 Å². The molecular formula is C21H17F5N2O6S2. The summed E-state index contributed by atoms with van der Waals surface area (Å²) in [6.07, 6.45) is -3.52. The highest BCUT2D eigenvalue weighted by atomic mass is 32.2. The molecular weight excluding hydrogens is 535 g/mol. The van der Waals surface area contributed by atoms with E-state index < -0.39 is 28.6 Å². The van der Waals surface area contributed by atoms with Gasteiger partial charge in [-0.1, -0.05) is 6.07 Å². The summed E-state index contributed by atoms with van der Waals surface area (Å²) in [7, 11) is -3.57. The predicted molar refractivity (Wildman–Crippen MR) is 119 cm³/mol. The van der Waals surface area contributed by atoms with E-state index in [0.717, 1.165) is 0 Å². The molecule has 0 bridgehead atoms. The topological polar surface area (TPSA) is 106 Å². The SMILES string of the molecule is O=C(O)C(F)(F)F.O=S(=O)(Cc1nccs1)c1ccc2c(c1)OCCN2c1cccc(OC(F)F)c1. The van der Waals surface area contributed by atoms with Crippen LogP contribution in [0.5, 0.6) is 11.5 Å². The number of ether oxygens (including phenoxy) is 2. The van der Waals surface area contributed by atoms with E-state index in [1.807, 2.05) is 4.90 Å². The first-order valence-electron chi connectivity index (χ1n) is 9.87. The molecule has 4 rings (SSSR count). The molecule has 194 valence electrons. The van der Waals surface area contributed by atoms with Gasteiger partial charge in [0.05, 0.1) is 17.1 Å². The number of fused-ring (bicyclic) bond motifs is 1. The Morgan fingerprint density at radius 3 is 2.56 bits per heavy atom. The number of hydrogen-bond donors (Lipinski definition) is 1. The zero-order valence-electron chi connectivity index (χ0n) is 18.0. The molecule has 0 saturated carbocycles. The number of sulfone groups is 1. The normalized spacial score (nSPS) is 13.3. The van der Waals surface area contributed by atoms with E-state index in [0.29, 0.717) is 35.3 Å². The fraction of sp³-hybridized carbons (Fsp3) is 0.238. The predicted octanol–water partition coefficient (Wildman–Crippen LogP) is 4.88. The average molecular weight is 552 g/mol. The van der Waals surface area contributed by atoms with Gasteiger partial charge in [0.25, 0.3) is 0 Å². The Bertz CT molecular complexity index is 1300. The number of aromatic nitrogens is 1. The molecule has 0 spiro atoms. The highest BCUT2D eigenvalue weighted by molar-refractivity contribution is 7.90. The zero-order chi connectivity index (χ0) is 26.5. The van der Waals surface area contributed by atoms with E-state index >= 15 is 0 Å². The summed E-state index contributed by atoms with van der Waals surface area (Å²) in [5.41, 5.74) is 1.30. The lowest BCUT2D eigenvalue weighted by molar-refractivity contribution is -0.192. The molecule has 0 unspecified atom stereocenters. The smallest absolute Gasteiger partial charge is 0.489 e.